The number of hydrazine groups is 1. The van der Waals surface area contributed by atoms with Gasteiger partial charge in [-0.05, 0) is 44.9 Å². The van der Waals surface area contributed by atoms with Crippen molar-refractivity contribution in [1.82, 2.24) is 10.3 Å². The Morgan fingerprint density at radius 1 is 1.03 bits per heavy atom. The average molecular weight is 412 g/mol. The number of hydrogen-bond acceptors (Lipinski definition) is 5. The van der Waals surface area contributed by atoms with E-state index in [1.807, 2.05) is 59.6 Å². The largest absolute Gasteiger partial charge is 0.489 e. The van der Waals surface area contributed by atoms with E-state index in [2.05, 4.69) is 5.32 Å². The maximum Gasteiger partial charge on any atom is 0.408 e. The number of carbonyl (C=O) groups excluding carboxylic acids is 2. The van der Waals surface area contributed by atoms with Crippen LogP contribution in [-0.2, 0) is 16.1 Å². The first kappa shape index (κ1) is 21.5. The van der Waals surface area contributed by atoms with Gasteiger partial charge in [-0.25, -0.2) is 4.79 Å². The van der Waals surface area contributed by atoms with Crippen LogP contribution < -0.4 is 15.1 Å². The molecule has 30 heavy (non-hydrogen) atoms. The Bertz CT molecular complexity index is 864. The van der Waals surface area contributed by atoms with Crippen LogP contribution in [0.2, 0.25) is 0 Å². The fraction of sp³-hybridized carbons (Fsp3) is 0.391. The van der Waals surface area contributed by atoms with Gasteiger partial charge in [0, 0.05) is 19.2 Å². The monoisotopic (exact) mass is 411 g/mol. The Hall–Kier alpha value is -3.22. The van der Waals surface area contributed by atoms with Gasteiger partial charge in [0.2, 0.25) is 0 Å². The van der Waals surface area contributed by atoms with Crippen molar-refractivity contribution >= 4 is 17.7 Å². The molecule has 0 radical (unpaired) electrons. The van der Waals surface area contributed by atoms with E-state index in [1.165, 1.54) is 0 Å². The predicted octanol–water partition coefficient (Wildman–Crippen LogP) is 3.74. The molecule has 1 fully saturated rings. The number of anilines is 1. The number of nitrogens with zero attached hydrogens (tertiary/aromatic N) is 2. The minimum absolute atomic E-state index is 0.115. The normalized spacial score (nSPS) is 13.8. The molecule has 1 saturated heterocycles. The highest BCUT2D eigenvalue weighted by molar-refractivity contribution is 5.84. The Labute approximate surface area is 177 Å². The molecule has 1 N–H and O–H groups in total. The molecule has 2 aromatic carbocycles. The zero-order chi connectivity index (χ0) is 21.6. The summed E-state index contributed by atoms with van der Waals surface area (Å²) < 4.78 is 11.1. The summed E-state index contributed by atoms with van der Waals surface area (Å²) >= 11 is 0. The van der Waals surface area contributed by atoms with Crippen LogP contribution in [0.5, 0.6) is 5.75 Å². The first-order valence-corrected chi connectivity index (χ1v) is 10.1. The molecule has 0 unspecified atom stereocenters. The highest BCUT2D eigenvalue weighted by Crippen LogP contribution is 2.26. The molecule has 2 amide bonds. The molecule has 0 spiro atoms. The SMILES string of the molecule is CC(C)(C)OC(=O)NCC(=O)N1CCCN1c1cccc(OCc2ccccc2)c1. The van der Waals surface area contributed by atoms with Crippen LogP contribution in [0.4, 0.5) is 10.5 Å². The molecule has 0 aromatic heterocycles. The van der Waals surface area contributed by atoms with Crippen molar-refractivity contribution in [3.8, 4) is 5.75 Å². The summed E-state index contributed by atoms with van der Waals surface area (Å²) in [5.74, 6) is 0.552. The van der Waals surface area contributed by atoms with Gasteiger partial charge in [-0.15, -0.1) is 0 Å². The molecule has 7 heteroatoms. The lowest BCUT2D eigenvalue weighted by atomic mass is 10.2. The summed E-state index contributed by atoms with van der Waals surface area (Å²) in [6.45, 7) is 7.03. The van der Waals surface area contributed by atoms with Gasteiger partial charge in [0.25, 0.3) is 5.91 Å². The molecule has 2 aromatic rings. The summed E-state index contributed by atoms with van der Waals surface area (Å²) in [4.78, 5) is 24.5. The van der Waals surface area contributed by atoms with E-state index in [0.29, 0.717) is 13.2 Å². The zero-order valence-electron chi connectivity index (χ0n) is 17.8. The highest BCUT2D eigenvalue weighted by atomic mass is 16.6. The Morgan fingerprint density at radius 3 is 2.53 bits per heavy atom. The van der Waals surface area contributed by atoms with E-state index in [0.717, 1.165) is 30.0 Å². The fourth-order valence-corrected chi connectivity index (χ4v) is 3.17. The molecule has 0 bridgehead atoms. The zero-order valence-corrected chi connectivity index (χ0v) is 17.8. The summed E-state index contributed by atoms with van der Waals surface area (Å²) in [6, 6.07) is 17.7. The van der Waals surface area contributed by atoms with Gasteiger partial charge < -0.3 is 14.8 Å². The molecule has 160 valence electrons. The van der Waals surface area contributed by atoms with E-state index in [9.17, 15) is 9.59 Å². The second-order valence-electron chi connectivity index (χ2n) is 8.12. The smallest absolute Gasteiger partial charge is 0.408 e. The summed E-state index contributed by atoms with van der Waals surface area (Å²) in [5.41, 5.74) is 1.37. The van der Waals surface area contributed by atoms with E-state index in [1.54, 1.807) is 25.8 Å². The van der Waals surface area contributed by atoms with Crippen LogP contribution in [0, 0.1) is 0 Å². The molecular formula is C23H29N3O4. The van der Waals surface area contributed by atoms with Gasteiger partial charge in [0.15, 0.2) is 0 Å². The van der Waals surface area contributed by atoms with Crippen molar-refractivity contribution < 1.29 is 19.1 Å². The lowest BCUT2D eigenvalue weighted by Gasteiger charge is -2.30. The maximum absolute atomic E-state index is 12.7. The van der Waals surface area contributed by atoms with Crippen LogP contribution in [0.1, 0.15) is 32.8 Å². The molecule has 7 nitrogen and oxygen atoms in total. The summed E-state index contributed by atoms with van der Waals surface area (Å²) in [6.07, 6.45) is 0.255. The van der Waals surface area contributed by atoms with Crippen molar-refractivity contribution in [1.29, 1.82) is 0 Å². The van der Waals surface area contributed by atoms with Gasteiger partial charge in [-0.2, -0.15) is 0 Å². The van der Waals surface area contributed by atoms with E-state index in [-0.39, 0.29) is 12.5 Å². The van der Waals surface area contributed by atoms with E-state index in [4.69, 9.17) is 9.47 Å². The molecule has 0 aliphatic carbocycles. The third-order valence-electron chi connectivity index (χ3n) is 4.47. The topological polar surface area (TPSA) is 71.1 Å². The molecule has 0 saturated carbocycles. The number of ether oxygens (including phenoxy) is 2. The minimum atomic E-state index is -0.604. The molecule has 1 aliphatic heterocycles. The lowest BCUT2D eigenvalue weighted by molar-refractivity contribution is -0.129. The number of benzene rings is 2. The van der Waals surface area contributed by atoms with Crippen LogP contribution in [0.3, 0.4) is 0 Å². The molecule has 3 rings (SSSR count). The number of nitrogens with one attached hydrogen (secondary N) is 1. The number of alkyl carbamates (subject to hydrolysis) is 1. The van der Waals surface area contributed by atoms with Gasteiger partial charge in [0.1, 0.15) is 24.5 Å². The number of carbonyl (C=O) groups is 2. The van der Waals surface area contributed by atoms with Crippen molar-refractivity contribution in [3.05, 3.63) is 60.2 Å². The third-order valence-corrected chi connectivity index (χ3v) is 4.47. The first-order chi connectivity index (χ1) is 14.3. The molecule has 0 atom stereocenters. The fourth-order valence-electron chi connectivity index (χ4n) is 3.17. The molecular weight excluding hydrogens is 382 g/mol. The number of hydrogen-bond donors (Lipinski definition) is 1. The number of amides is 2. The second kappa shape index (κ2) is 9.52. The molecule has 1 aliphatic rings. The highest BCUT2D eigenvalue weighted by Gasteiger charge is 2.28. The Balaban J connectivity index is 1.59. The Morgan fingerprint density at radius 2 is 1.80 bits per heavy atom. The van der Waals surface area contributed by atoms with Gasteiger partial charge >= 0.3 is 6.09 Å². The summed E-state index contributed by atoms with van der Waals surface area (Å²) in [5, 5.41) is 6.12. The maximum atomic E-state index is 12.7. The van der Waals surface area contributed by atoms with Gasteiger partial charge in [0.05, 0.1) is 5.69 Å². The number of rotatable bonds is 6. The van der Waals surface area contributed by atoms with Crippen LogP contribution in [0.15, 0.2) is 54.6 Å². The van der Waals surface area contributed by atoms with E-state index < -0.39 is 11.7 Å². The van der Waals surface area contributed by atoms with Gasteiger partial charge in [-0.1, -0.05) is 36.4 Å². The van der Waals surface area contributed by atoms with Crippen molar-refractivity contribution in [2.24, 2.45) is 0 Å². The van der Waals surface area contributed by atoms with Crippen LogP contribution in [-0.4, -0.2) is 42.2 Å². The molecule has 1 heterocycles. The third kappa shape index (κ3) is 6.14. The Kier molecular flexibility index (Phi) is 6.82. The van der Waals surface area contributed by atoms with Crippen molar-refractivity contribution in [2.75, 3.05) is 24.6 Å². The quantitative estimate of drug-likeness (QED) is 0.784. The predicted molar refractivity (Wildman–Crippen MR) is 115 cm³/mol. The minimum Gasteiger partial charge on any atom is -0.489 e. The van der Waals surface area contributed by atoms with Gasteiger partial charge in [-0.3, -0.25) is 14.8 Å². The van der Waals surface area contributed by atoms with Crippen LogP contribution >= 0.6 is 0 Å². The van der Waals surface area contributed by atoms with Crippen LogP contribution in [0.25, 0.3) is 0 Å². The van der Waals surface area contributed by atoms with E-state index >= 15 is 0 Å². The van der Waals surface area contributed by atoms with Crippen molar-refractivity contribution in [3.63, 3.8) is 0 Å². The first-order valence-electron chi connectivity index (χ1n) is 10.1. The summed E-state index contributed by atoms with van der Waals surface area (Å²) in [7, 11) is 0. The second-order valence-corrected chi connectivity index (χ2v) is 8.12. The average Bonchev–Trinajstić information content (AvgIpc) is 3.20. The lowest BCUT2D eigenvalue weighted by Crippen LogP contribution is -2.47. The standard InChI is InChI=1S/C23H29N3O4/c1-23(2,3)30-22(28)24-16-21(27)26-14-8-13-25(26)19-11-7-12-20(15-19)29-17-18-9-5-4-6-10-18/h4-7,9-12,15H,8,13-14,16-17H2,1-3H3,(H,24,28). The van der Waals surface area contributed by atoms with Crippen molar-refractivity contribution in [2.45, 2.75) is 39.4 Å².